The van der Waals surface area contributed by atoms with Gasteiger partial charge in [0.2, 0.25) is 0 Å². The van der Waals surface area contributed by atoms with Gasteiger partial charge in [0.15, 0.2) is 0 Å². The van der Waals surface area contributed by atoms with Crippen molar-refractivity contribution in [2.45, 2.75) is 33.6 Å². The van der Waals surface area contributed by atoms with Gasteiger partial charge in [-0.05, 0) is 30.9 Å². The zero-order chi connectivity index (χ0) is 10.3. The van der Waals surface area contributed by atoms with Gasteiger partial charge in [-0.2, -0.15) is 0 Å². The second-order valence-electron chi connectivity index (χ2n) is 3.29. The van der Waals surface area contributed by atoms with Crippen molar-refractivity contribution >= 4 is 5.84 Å². The van der Waals surface area contributed by atoms with E-state index in [2.05, 4.69) is 13.8 Å². The Morgan fingerprint density at radius 2 is 2.15 bits per heavy atom. The number of hydrogen-bond donors (Lipinski definition) is 2. The summed E-state index contributed by atoms with van der Waals surface area (Å²) in [4.78, 5) is 0. The minimum atomic E-state index is 0.135. The first-order valence-corrected chi connectivity index (χ1v) is 4.80. The first-order chi connectivity index (χ1) is 6.11. The molecule has 0 fully saturated rings. The van der Waals surface area contributed by atoms with E-state index in [1.54, 1.807) is 6.08 Å². The number of amidine groups is 1. The van der Waals surface area contributed by atoms with Crippen LogP contribution in [0, 0.1) is 11.3 Å². The molecule has 0 aromatic rings. The lowest BCUT2D eigenvalue weighted by molar-refractivity contribution is 0.613. The molecule has 0 aromatic carbocycles. The van der Waals surface area contributed by atoms with Gasteiger partial charge in [-0.25, -0.2) is 0 Å². The van der Waals surface area contributed by atoms with Crippen LogP contribution in [-0.2, 0) is 0 Å². The molecular formula is C11H20N2. The SMILES string of the molecule is CC=C/C(=C\C(=N)N)C(C)CCC. The Bertz CT molecular complexity index is 214. The fourth-order valence-electron chi connectivity index (χ4n) is 1.33. The molecule has 3 N–H and O–H groups in total. The van der Waals surface area contributed by atoms with Crippen molar-refractivity contribution in [1.82, 2.24) is 0 Å². The van der Waals surface area contributed by atoms with Crippen LogP contribution in [0.1, 0.15) is 33.6 Å². The molecule has 0 heterocycles. The average Bonchev–Trinajstić information content (AvgIpc) is 2.03. The van der Waals surface area contributed by atoms with Crippen LogP contribution in [0.5, 0.6) is 0 Å². The number of rotatable bonds is 5. The van der Waals surface area contributed by atoms with Gasteiger partial charge in [0, 0.05) is 0 Å². The van der Waals surface area contributed by atoms with E-state index in [0.29, 0.717) is 5.92 Å². The largest absolute Gasteiger partial charge is 0.384 e. The lowest BCUT2D eigenvalue weighted by atomic mass is 9.95. The first-order valence-electron chi connectivity index (χ1n) is 4.80. The minimum Gasteiger partial charge on any atom is -0.384 e. The van der Waals surface area contributed by atoms with Crippen LogP contribution in [-0.4, -0.2) is 5.84 Å². The molecule has 13 heavy (non-hydrogen) atoms. The molecule has 1 unspecified atom stereocenters. The fraction of sp³-hybridized carbons (Fsp3) is 0.545. The Hall–Kier alpha value is -1.05. The predicted molar refractivity (Wildman–Crippen MR) is 58.9 cm³/mol. The molecule has 0 aliphatic rings. The zero-order valence-electron chi connectivity index (χ0n) is 8.80. The third-order valence-corrected chi connectivity index (χ3v) is 1.97. The van der Waals surface area contributed by atoms with E-state index in [1.165, 1.54) is 0 Å². The van der Waals surface area contributed by atoms with E-state index in [-0.39, 0.29) is 5.84 Å². The van der Waals surface area contributed by atoms with Crippen LogP contribution in [0.25, 0.3) is 0 Å². The van der Waals surface area contributed by atoms with Gasteiger partial charge in [-0.1, -0.05) is 32.4 Å². The molecule has 1 atom stereocenters. The van der Waals surface area contributed by atoms with Gasteiger partial charge >= 0.3 is 0 Å². The van der Waals surface area contributed by atoms with Crippen LogP contribution in [0.2, 0.25) is 0 Å². The van der Waals surface area contributed by atoms with Gasteiger partial charge in [0.25, 0.3) is 0 Å². The molecular weight excluding hydrogens is 160 g/mol. The summed E-state index contributed by atoms with van der Waals surface area (Å²) in [5.74, 6) is 0.626. The summed E-state index contributed by atoms with van der Waals surface area (Å²) in [6, 6.07) is 0. The van der Waals surface area contributed by atoms with Gasteiger partial charge in [-0.15, -0.1) is 0 Å². The monoisotopic (exact) mass is 180 g/mol. The maximum atomic E-state index is 7.20. The fourth-order valence-corrected chi connectivity index (χ4v) is 1.33. The highest BCUT2D eigenvalue weighted by molar-refractivity contribution is 5.89. The maximum absolute atomic E-state index is 7.20. The van der Waals surface area contributed by atoms with Crippen LogP contribution in [0.3, 0.4) is 0 Å². The lowest BCUT2D eigenvalue weighted by Gasteiger charge is -2.11. The van der Waals surface area contributed by atoms with E-state index in [0.717, 1.165) is 18.4 Å². The molecule has 74 valence electrons. The van der Waals surface area contributed by atoms with Crippen molar-refractivity contribution in [3.63, 3.8) is 0 Å². The van der Waals surface area contributed by atoms with E-state index < -0.39 is 0 Å². The van der Waals surface area contributed by atoms with Gasteiger partial charge < -0.3 is 5.73 Å². The van der Waals surface area contributed by atoms with Crippen LogP contribution < -0.4 is 5.73 Å². The summed E-state index contributed by atoms with van der Waals surface area (Å²) in [7, 11) is 0. The third-order valence-electron chi connectivity index (χ3n) is 1.97. The second kappa shape index (κ2) is 6.46. The first kappa shape index (κ1) is 11.9. The number of nitrogens with two attached hydrogens (primary N) is 1. The summed E-state index contributed by atoms with van der Waals surface area (Å²) < 4.78 is 0. The molecule has 0 rings (SSSR count). The molecule has 2 nitrogen and oxygen atoms in total. The van der Waals surface area contributed by atoms with Crippen molar-refractivity contribution in [3.05, 3.63) is 23.8 Å². The summed E-state index contributed by atoms with van der Waals surface area (Å²) >= 11 is 0. The van der Waals surface area contributed by atoms with E-state index in [1.807, 2.05) is 19.1 Å². The summed E-state index contributed by atoms with van der Waals surface area (Å²) in [6.45, 7) is 6.31. The van der Waals surface area contributed by atoms with E-state index in [9.17, 15) is 0 Å². The summed E-state index contributed by atoms with van der Waals surface area (Å²) in [5.41, 5.74) is 6.48. The highest BCUT2D eigenvalue weighted by Crippen LogP contribution is 2.17. The van der Waals surface area contributed by atoms with Crippen molar-refractivity contribution in [2.75, 3.05) is 0 Å². The highest BCUT2D eigenvalue weighted by Gasteiger charge is 2.04. The topological polar surface area (TPSA) is 49.9 Å². The van der Waals surface area contributed by atoms with Crippen LogP contribution in [0.15, 0.2) is 23.8 Å². The standard InChI is InChI=1S/C11H20N2/c1-4-6-9(3)10(7-5-2)8-11(12)13/h5,7-9H,4,6H2,1-3H3,(H3,12,13)/b7-5?,10-8+. The van der Waals surface area contributed by atoms with Crippen LogP contribution >= 0.6 is 0 Å². The normalized spacial score (nSPS) is 14.8. The molecule has 0 amide bonds. The summed E-state index contributed by atoms with van der Waals surface area (Å²) in [5, 5.41) is 7.20. The maximum Gasteiger partial charge on any atom is 0.115 e. The molecule has 0 radical (unpaired) electrons. The Labute approximate surface area is 81.0 Å². The van der Waals surface area contributed by atoms with Gasteiger partial charge in [-0.3, -0.25) is 5.41 Å². The van der Waals surface area contributed by atoms with Crippen LogP contribution in [0.4, 0.5) is 0 Å². The molecule has 0 aliphatic heterocycles. The second-order valence-corrected chi connectivity index (χ2v) is 3.29. The molecule has 0 spiro atoms. The average molecular weight is 180 g/mol. The quantitative estimate of drug-likeness (QED) is 0.381. The number of nitrogens with one attached hydrogen (secondary N) is 1. The number of hydrogen-bond acceptors (Lipinski definition) is 1. The lowest BCUT2D eigenvalue weighted by Crippen LogP contribution is -2.08. The Balaban J connectivity index is 4.50. The van der Waals surface area contributed by atoms with Crippen molar-refractivity contribution in [2.24, 2.45) is 11.7 Å². The predicted octanol–water partition coefficient (Wildman–Crippen LogP) is 2.86. The Morgan fingerprint density at radius 1 is 1.54 bits per heavy atom. The minimum absolute atomic E-state index is 0.135. The number of allylic oxidation sites excluding steroid dienone is 3. The molecule has 0 saturated heterocycles. The van der Waals surface area contributed by atoms with Gasteiger partial charge in [0.05, 0.1) is 0 Å². The zero-order valence-corrected chi connectivity index (χ0v) is 8.80. The Kier molecular flexibility index (Phi) is 5.94. The highest BCUT2D eigenvalue weighted by atomic mass is 14.7. The van der Waals surface area contributed by atoms with Crippen molar-refractivity contribution in [3.8, 4) is 0 Å². The third kappa shape index (κ3) is 5.23. The molecule has 0 aromatic heterocycles. The van der Waals surface area contributed by atoms with Crippen molar-refractivity contribution < 1.29 is 0 Å². The Morgan fingerprint density at radius 3 is 2.54 bits per heavy atom. The molecule has 0 bridgehead atoms. The smallest absolute Gasteiger partial charge is 0.115 e. The molecule has 0 saturated carbocycles. The van der Waals surface area contributed by atoms with E-state index in [4.69, 9.17) is 11.1 Å². The van der Waals surface area contributed by atoms with Crippen molar-refractivity contribution in [1.29, 1.82) is 5.41 Å². The van der Waals surface area contributed by atoms with Gasteiger partial charge in [0.1, 0.15) is 5.84 Å². The summed E-state index contributed by atoms with van der Waals surface area (Å²) in [6.07, 6.45) is 8.06. The van der Waals surface area contributed by atoms with E-state index >= 15 is 0 Å². The molecule has 2 heteroatoms. The molecule has 0 aliphatic carbocycles.